The lowest BCUT2D eigenvalue weighted by atomic mass is 10.0. The monoisotopic (exact) mass is 324 g/mol. The molecule has 0 bridgehead atoms. The highest BCUT2D eigenvalue weighted by Crippen LogP contribution is 2.15. The first-order valence-corrected chi connectivity index (χ1v) is 7.67. The Morgan fingerprint density at radius 3 is 2.56 bits per heavy atom. The third-order valence-corrected chi connectivity index (χ3v) is 4.28. The highest BCUT2D eigenvalue weighted by Gasteiger charge is 2.10. The first-order valence-electron chi connectivity index (χ1n) is 6.00. The summed E-state index contributed by atoms with van der Waals surface area (Å²) in [6.45, 7) is 2.05. The van der Waals surface area contributed by atoms with Crippen molar-refractivity contribution in [3.05, 3.63) is 50.4 Å². The lowest BCUT2D eigenvalue weighted by molar-refractivity contribution is 0.551. The Labute approximate surface area is 121 Å². The van der Waals surface area contributed by atoms with E-state index < -0.39 is 0 Å². The Balaban J connectivity index is 1.99. The average Bonchev–Trinajstić information content (AvgIpc) is 2.77. The summed E-state index contributed by atoms with van der Waals surface area (Å²) in [6.07, 6.45) is 2.01. The van der Waals surface area contributed by atoms with Gasteiger partial charge in [0.05, 0.1) is 10.7 Å². The van der Waals surface area contributed by atoms with Crippen LogP contribution < -0.4 is 5.32 Å². The molecule has 1 N–H and O–H groups in total. The third kappa shape index (κ3) is 3.90. The Hall–Kier alpha value is -0.710. The van der Waals surface area contributed by atoms with Gasteiger partial charge < -0.3 is 5.32 Å². The maximum Gasteiger partial charge on any atom is 0.0897 e. The Morgan fingerprint density at radius 1 is 1.28 bits per heavy atom. The standard InChI is InChI=1S/C14H17BrN2S/c1-10-17-14(9-18-10)8-13(16-2)7-11-3-5-12(15)6-4-11/h3-6,9,13,16H,7-8H2,1-2H3. The number of hydrogen-bond donors (Lipinski definition) is 1. The molecule has 0 saturated heterocycles. The van der Waals surface area contributed by atoms with Gasteiger partial charge in [0, 0.05) is 22.3 Å². The van der Waals surface area contributed by atoms with Crippen LogP contribution in [0.25, 0.3) is 0 Å². The van der Waals surface area contributed by atoms with Gasteiger partial charge in [0.1, 0.15) is 0 Å². The van der Waals surface area contributed by atoms with Crippen LogP contribution >= 0.6 is 27.3 Å². The number of aromatic nitrogens is 1. The van der Waals surface area contributed by atoms with E-state index in [9.17, 15) is 0 Å². The van der Waals surface area contributed by atoms with Crippen molar-refractivity contribution in [3.63, 3.8) is 0 Å². The summed E-state index contributed by atoms with van der Waals surface area (Å²) in [5, 5.41) is 6.67. The van der Waals surface area contributed by atoms with Crippen LogP contribution in [0.15, 0.2) is 34.1 Å². The predicted molar refractivity (Wildman–Crippen MR) is 81.2 cm³/mol. The maximum absolute atomic E-state index is 4.53. The van der Waals surface area contributed by atoms with E-state index in [0.717, 1.165) is 22.3 Å². The number of likely N-dealkylation sites (N-methyl/N-ethyl adjacent to an activating group) is 1. The van der Waals surface area contributed by atoms with E-state index in [2.05, 4.69) is 62.8 Å². The van der Waals surface area contributed by atoms with Gasteiger partial charge in [-0.05, 0) is 38.1 Å². The van der Waals surface area contributed by atoms with E-state index in [1.54, 1.807) is 11.3 Å². The van der Waals surface area contributed by atoms with Crippen LogP contribution in [0.3, 0.4) is 0 Å². The number of rotatable bonds is 5. The van der Waals surface area contributed by atoms with Gasteiger partial charge in [-0.2, -0.15) is 0 Å². The van der Waals surface area contributed by atoms with Crippen LogP contribution in [0.2, 0.25) is 0 Å². The number of aryl methyl sites for hydroxylation is 1. The van der Waals surface area contributed by atoms with Gasteiger partial charge in [-0.3, -0.25) is 0 Å². The zero-order valence-electron chi connectivity index (χ0n) is 10.6. The summed E-state index contributed by atoms with van der Waals surface area (Å²) in [5.74, 6) is 0. The lowest BCUT2D eigenvalue weighted by Gasteiger charge is -2.15. The minimum atomic E-state index is 0.438. The van der Waals surface area contributed by atoms with Crippen molar-refractivity contribution in [3.8, 4) is 0 Å². The first kappa shape index (κ1) is 13.7. The summed E-state index contributed by atoms with van der Waals surface area (Å²) < 4.78 is 1.13. The molecule has 1 heterocycles. The van der Waals surface area contributed by atoms with Gasteiger partial charge >= 0.3 is 0 Å². The number of halogens is 1. The van der Waals surface area contributed by atoms with Crippen LogP contribution in [-0.4, -0.2) is 18.1 Å². The Kier molecular flexibility index (Phi) is 4.92. The SMILES string of the molecule is CNC(Cc1ccc(Br)cc1)Cc1csc(C)n1. The molecule has 1 aromatic heterocycles. The molecule has 2 aromatic rings. The van der Waals surface area contributed by atoms with Gasteiger partial charge in [-0.15, -0.1) is 11.3 Å². The van der Waals surface area contributed by atoms with E-state index in [1.807, 2.05) is 7.05 Å². The summed E-state index contributed by atoms with van der Waals surface area (Å²) in [4.78, 5) is 4.53. The summed E-state index contributed by atoms with van der Waals surface area (Å²) in [7, 11) is 2.02. The second-order valence-electron chi connectivity index (χ2n) is 4.38. The third-order valence-electron chi connectivity index (χ3n) is 2.93. The normalized spacial score (nSPS) is 12.6. The largest absolute Gasteiger partial charge is 0.316 e. The molecular weight excluding hydrogens is 308 g/mol. The van der Waals surface area contributed by atoms with Gasteiger partial charge in [0.25, 0.3) is 0 Å². The molecule has 2 rings (SSSR count). The Bertz CT molecular complexity index is 493. The smallest absolute Gasteiger partial charge is 0.0897 e. The van der Waals surface area contributed by atoms with Crippen molar-refractivity contribution in [2.24, 2.45) is 0 Å². The highest BCUT2D eigenvalue weighted by molar-refractivity contribution is 9.10. The van der Waals surface area contributed by atoms with Crippen molar-refractivity contribution in [2.75, 3.05) is 7.05 Å². The quantitative estimate of drug-likeness (QED) is 0.909. The van der Waals surface area contributed by atoms with Crippen LogP contribution in [0.5, 0.6) is 0 Å². The fraction of sp³-hybridized carbons (Fsp3) is 0.357. The van der Waals surface area contributed by atoms with E-state index in [-0.39, 0.29) is 0 Å². The van der Waals surface area contributed by atoms with Gasteiger partial charge in [-0.25, -0.2) is 4.98 Å². The molecule has 96 valence electrons. The van der Waals surface area contributed by atoms with E-state index >= 15 is 0 Å². The molecule has 18 heavy (non-hydrogen) atoms. The number of benzene rings is 1. The molecule has 0 spiro atoms. The molecule has 0 fully saturated rings. The minimum absolute atomic E-state index is 0.438. The van der Waals surface area contributed by atoms with E-state index in [4.69, 9.17) is 0 Å². The fourth-order valence-electron chi connectivity index (χ4n) is 1.94. The van der Waals surface area contributed by atoms with Crippen LogP contribution in [0.1, 0.15) is 16.3 Å². The number of nitrogens with one attached hydrogen (secondary N) is 1. The lowest BCUT2D eigenvalue weighted by Crippen LogP contribution is -2.30. The molecule has 0 aliphatic carbocycles. The molecule has 1 atom stereocenters. The van der Waals surface area contributed by atoms with Crippen LogP contribution in [-0.2, 0) is 12.8 Å². The maximum atomic E-state index is 4.53. The molecule has 0 amide bonds. The van der Waals surface area contributed by atoms with Crippen molar-refractivity contribution >= 4 is 27.3 Å². The van der Waals surface area contributed by atoms with Crippen molar-refractivity contribution in [2.45, 2.75) is 25.8 Å². The minimum Gasteiger partial charge on any atom is -0.316 e. The second-order valence-corrected chi connectivity index (χ2v) is 6.36. The van der Waals surface area contributed by atoms with E-state index in [0.29, 0.717) is 6.04 Å². The van der Waals surface area contributed by atoms with E-state index in [1.165, 1.54) is 11.3 Å². The first-order chi connectivity index (χ1) is 8.67. The average molecular weight is 325 g/mol. The summed E-state index contributed by atoms with van der Waals surface area (Å²) in [6, 6.07) is 8.96. The van der Waals surface area contributed by atoms with Gasteiger partial charge in [0.2, 0.25) is 0 Å². The molecule has 4 heteroatoms. The Morgan fingerprint density at radius 2 is 2.00 bits per heavy atom. The molecule has 0 radical (unpaired) electrons. The molecule has 0 aliphatic heterocycles. The van der Waals surface area contributed by atoms with Crippen molar-refractivity contribution < 1.29 is 0 Å². The molecule has 1 unspecified atom stereocenters. The molecule has 1 aromatic carbocycles. The molecule has 0 aliphatic rings. The number of hydrogen-bond acceptors (Lipinski definition) is 3. The highest BCUT2D eigenvalue weighted by atomic mass is 79.9. The molecule has 0 saturated carbocycles. The van der Waals surface area contributed by atoms with Gasteiger partial charge in [0.15, 0.2) is 0 Å². The topological polar surface area (TPSA) is 24.9 Å². The second kappa shape index (κ2) is 6.45. The number of nitrogens with zero attached hydrogens (tertiary/aromatic N) is 1. The van der Waals surface area contributed by atoms with Crippen LogP contribution in [0.4, 0.5) is 0 Å². The van der Waals surface area contributed by atoms with Crippen molar-refractivity contribution in [1.29, 1.82) is 0 Å². The number of thiazole rings is 1. The fourth-order valence-corrected chi connectivity index (χ4v) is 2.83. The predicted octanol–water partition coefficient (Wildman–Crippen LogP) is 3.59. The van der Waals surface area contributed by atoms with Gasteiger partial charge in [-0.1, -0.05) is 28.1 Å². The summed E-state index contributed by atoms with van der Waals surface area (Å²) >= 11 is 5.18. The molecule has 2 nitrogen and oxygen atoms in total. The zero-order chi connectivity index (χ0) is 13.0. The molecular formula is C14H17BrN2S. The zero-order valence-corrected chi connectivity index (χ0v) is 13.0. The van der Waals surface area contributed by atoms with Crippen LogP contribution in [0, 0.1) is 6.92 Å². The summed E-state index contributed by atoms with van der Waals surface area (Å²) in [5.41, 5.74) is 2.54. The van der Waals surface area contributed by atoms with Crippen molar-refractivity contribution in [1.82, 2.24) is 10.3 Å².